The van der Waals surface area contributed by atoms with Gasteiger partial charge in [-0.05, 0) is 49.7 Å². The van der Waals surface area contributed by atoms with Gasteiger partial charge in [-0.3, -0.25) is 9.36 Å². The molecular formula is C24H25N5O2S. The minimum atomic E-state index is -0.632. The van der Waals surface area contributed by atoms with Crippen molar-refractivity contribution in [2.24, 2.45) is 5.73 Å². The second-order valence-corrected chi connectivity index (χ2v) is 8.22. The molecule has 8 heteroatoms. The third kappa shape index (κ3) is 4.45. The van der Waals surface area contributed by atoms with Gasteiger partial charge in [0.2, 0.25) is 0 Å². The number of thioether (sulfide) groups is 1. The molecule has 2 heterocycles. The number of para-hydroxylation sites is 1. The number of carbonyl (C=O) groups excluding carboxylic acids is 1. The van der Waals surface area contributed by atoms with Crippen LogP contribution >= 0.6 is 11.8 Å². The lowest BCUT2D eigenvalue weighted by molar-refractivity contribution is 0.0997. The van der Waals surface area contributed by atoms with Crippen LogP contribution in [0.1, 0.15) is 37.2 Å². The molecule has 32 heavy (non-hydrogen) atoms. The second kappa shape index (κ2) is 9.82. The second-order valence-electron chi connectivity index (χ2n) is 7.16. The zero-order valence-electron chi connectivity index (χ0n) is 18.1. The van der Waals surface area contributed by atoms with E-state index in [-0.39, 0.29) is 5.69 Å². The van der Waals surface area contributed by atoms with Crippen LogP contribution in [0.5, 0.6) is 5.75 Å². The number of amides is 1. The van der Waals surface area contributed by atoms with Crippen LogP contribution in [0.2, 0.25) is 0 Å². The number of benzene rings is 2. The van der Waals surface area contributed by atoms with Crippen LogP contribution in [0.4, 0.5) is 0 Å². The quantitative estimate of drug-likeness (QED) is 0.290. The summed E-state index contributed by atoms with van der Waals surface area (Å²) in [4.78, 5) is 26.3. The van der Waals surface area contributed by atoms with Crippen LogP contribution in [0, 0.1) is 0 Å². The van der Waals surface area contributed by atoms with Gasteiger partial charge in [0.15, 0.2) is 22.3 Å². The number of unbranched alkanes of at least 4 members (excludes halogenated alkanes) is 1. The first kappa shape index (κ1) is 21.8. The van der Waals surface area contributed by atoms with E-state index >= 15 is 0 Å². The molecule has 0 saturated carbocycles. The zero-order chi connectivity index (χ0) is 22.5. The topological polar surface area (TPSA) is 95.9 Å². The van der Waals surface area contributed by atoms with Crippen LogP contribution in [0.15, 0.2) is 59.8 Å². The lowest BCUT2D eigenvalue weighted by Crippen LogP contribution is -2.15. The van der Waals surface area contributed by atoms with E-state index < -0.39 is 5.91 Å². The summed E-state index contributed by atoms with van der Waals surface area (Å²) in [5, 5.41) is 0.764. The summed E-state index contributed by atoms with van der Waals surface area (Å²) in [5.74, 6) is 1.46. The predicted octanol–water partition coefficient (Wildman–Crippen LogP) is 4.87. The van der Waals surface area contributed by atoms with Crippen molar-refractivity contribution in [1.29, 1.82) is 0 Å². The SMILES string of the molecule is CCCCSc1nc2c(C(N)=O)nc(-c3ccc(OCC)cc3)nc2n1-c1ccccc1. The molecule has 0 aliphatic carbocycles. The highest BCUT2D eigenvalue weighted by molar-refractivity contribution is 7.99. The number of nitrogens with two attached hydrogens (primary N) is 1. The largest absolute Gasteiger partial charge is 0.494 e. The molecule has 0 aliphatic heterocycles. The molecule has 0 radical (unpaired) electrons. The predicted molar refractivity (Wildman–Crippen MR) is 127 cm³/mol. The minimum absolute atomic E-state index is 0.117. The van der Waals surface area contributed by atoms with Crippen LogP contribution in [0.25, 0.3) is 28.2 Å². The monoisotopic (exact) mass is 447 g/mol. The molecule has 0 bridgehead atoms. The van der Waals surface area contributed by atoms with Gasteiger partial charge in [0.1, 0.15) is 11.3 Å². The molecule has 0 spiro atoms. The molecule has 0 unspecified atom stereocenters. The molecule has 4 aromatic rings. The number of aromatic nitrogens is 4. The Morgan fingerprint density at radius 2 is 1.78 bits per heavy atom. The molecule has 1 amide bonds. The lowest BCUT2D eigenvalue weighted by Gasteiger charge is -2.09. The lowest BCUT2D eigenvalue weighted by atomic mass is 10.2. The number of hydrogen-bond donors (Lipinski definition) is 1. The maximum absolute atomic E-state index is 12.3. The van der Waals surface area contributed by atoms with Crippen molar-refractivity contribution in [1.82, 2.24) is 19.5 Å². The van der Waals surface area contributed by atoms with Gasteiger partial charge in [-0.15, -0.1) is 0 Å². The van der Waals surface area contributed by atoms with Gasteiger partial charge < -0.3 is 10.5 Å². The molecule has 164 valence electrons. The van der Waals surface area contributed by atoms with Gasteiger partial charge in [-0.25, -0.2) is 15.0 Å². The molecule has 0 saturated heterocycles. The highest BCUT2D eigenvalue weighted by Gasteiger charge is 2.22. The Hall–Kier alpha value is -3.39. The summed E-state index contributed by atoms with van der Waals surface area (Å²) >= 11 is 1.64. The van der Waals surface area contributed by atoms with Crippen molar-refractivity contribution in [3.63, 3.8) is 0 Å². The Bertz CT molecular complexity index is 1220. The number of ether oxygens (including phenoxy) is 1. The summed E-state index contributed by atoms with van der Waals surface area (Å²) in [6, 6.07) is 17.3. The molecule has 7 nitrogen and oxygen atoms in total. The van der Waals surface area contributed by atoms with E-state index in [2.05, 4.69) is 11.9 Å². The van der Waals surface area contributed by atoms with Gasteiger partial charge in [-0.2, -0.15) is 0 Å². The highest BCUT2D eigenvalue weighted by atomic mass is 32.2. The number of imidazole rings is 1. The summed E-state index contributed by atoms with van der Waals surface area (Å²) in [6.45, 7) is 4.67. The van der Waals surface area contributed by atoms with Crippen molar-refractivity contribution >= 4 is 28.8 Å². The van der Waals surface area contributed by atoms with E-state index in [9.17, 15) is 4.79 Å². The number of nitrogens with zero attached hydrogens (tertiary/aromatic N) is 4. The number of fused-ring (bicyclic) bond motifs is 1. The average molecular weight is 448 g/mol. The summed E-state index contributed by atoms with van der Waals surface area (Å²) in [7, 11) is 0. The number of carbonyl (C=O) groups is 1. The Morgan fingerprint density at radius 3 is 2.44 bits per heavy atom. The van der Waals surface area contributed by atoms with E-state index in [4.69, 9.17) is 20.4 Å². The molecule has 4 rings (SSSR count). The molecule has 0 fully saturated rings. The Morgan fingerprint density at radius 1 is 1.03 bits per heavy atom. The third-order valence-electron chi connectivity index (χ3n) is 4.88. The Kier molecular flexibility index (Phi) is 6.70. The first-order valence-corrected chi connectivity index (χ1v) is 11.6. The molecular weight excluding hydrogens is 422 g/mol. The minimum Gasteiger partial charge on any atom is -0.494 e. The van der Waals surface area contributed by atoms with Gasteiger partial charge >= 0.3 is 0 Å². The zero-order valence-corrected chi connectivity index (χ0v) is 18.9. The molecule has 0 atom stereocenters. The molecule has 2 aromatic heterocycles. The van der Waals surface area contributed by atoms with Gasteiger partial charge in [-0.1, -0.05) is 43.3 Å². The standard InChI is InChI=1S/C24H25N5O2S/c1-3-5-15-32-24-27-20-19(21(25)30)26-22(16-11-13-18(14-12-16)31-4-2)28-23(20)29(24)17-9-7-6-8-10-17/h6-14H,3-5,15H2,1-2H3,(H2,25,30). The normalized spacial score (nSPS) is 11.1. The molecule has 2 aromatic carbocycles. The van der Waals surface area contributed by atoms with Gasteiger partial charge in [0.05, 0.1) is 6.61 Å². The van der Waals surface area contributed by atoms with Crippen molar-refractivity contribution in [2.45, 2.75) is 31.8 Å². The Balaban J connectivity index is 1.91. The maximum Gasteiger partial charge on any atom is 0.269 e. The van der Waals surface area contributed by atoms with E-state index in [1.54, 1.807) is 11.8 Å². The summed E-state index contributed by atoms with van der Waals surface area (Å²) < 4.78 is 7.50. The molecule has 0 aliphatic rings. The maximum atomic E-state index is 12.3. The fourth-order valence-corrected chi connectivity index (χ4v) is 4.41. The Labute approximate surface area is 191 Å². The van der Waals surface area contributed by atoms with Crippen molar-refractivity contribution in [3.8, 4) is 22.8 Å². The van der Waals surface area contributed by atoms with Crippen LogP contribution in [0.3, 0.4) is 0 Å². The summed E-state index contributed by atoms with van der Waals surface area (Å²) in [6.07, 6.45) is 2.15. The van der Waals surface area contributed by atoms with Crippen molar-refractivity contribution < 1.29 is 9.53 Å². The first-order valence-electron chi connectivity index (χ1n) is 10.6. The van der Waals surface area contributed by atoms with Gasteiger partial charge in [0, 0.05) is 17.0 Å². The van der Waals surface area contributed by atoms with E-state index in [0.717, 1.165) is 40.8 Å². The fourth-order valence-electron chi connectivity index (χ4n) is 3.32. The number of rotatable bonds is 9. The van der Waals surface area contributed by atoms with Crippen molar-refractivity contribution in [2.75, 3.05) is 12.4 Å². The fraction of sp³-hybridized carbons (Fsp3) is 0.250. The van der Waals surface area contributed by atoms with E-state index in [0.29, 0.717) is 23.6 Å². The summed E-state index contributed by atoms with van der Waals surface area (Å²) in [5.41, 5.74) is 8.47. The molecule has 2 N–H and O–H groups in total. The number of hydrogen-bond acceptors (Lipinski definition) is 6. The number of primary amides is 1. The van der Waals surface area contributed by atoms with Crippen LogP contribution < -0.4 is 10.5 Å². The highest BCUT2D eigenvalue weighted by Crippen LogP contribution is 2.30. The van der Waals surface area contributed by atoms with Crippen molar-refractivity contribution in [3.05, 3.63) is 60.3 Å². The average Bonchev–Trinajstić information content (AvgIpc) is 3.18. The van der Waals surface area contributed by atoms with E-state index in [1.807, 2.05) is 66.1 Å². The smallest absolute Gasteiger partial charge is 0.269 e. The van der Waals surface area contributed by atoms with Gasteiger partial charge in [0.25, 0.3) is 5.91 Å². The van der Waals surface area contributed by atoms with Crippen LogP contribution in [-0.4, -0.2) is 37.8 Å². The first-order chi connectivity index (χ1) is 15.6. The van der Waals surface area contributed by atoms with E-state index in [1.165, 1.54) is 0 Å². The van der Waals surface area contributed by atoms with Crippen LogP contribution in [-0.2, 0) is 0 Å². The third-order valence-corrected chi connectivity index (χ3v) is 5.90.